The minimum atomic E-state index is -0.986. The highest BCUT2D eigenvalue weighted by Crippen LogP contribution is 2.46. The minimum absolute atomic E-state index is 0.0251. The van der Waals surface area contributed by atoms with Gasteiger partial charge in [-0.1, -0.05) is 23.7 Å². The number of aromatic hydroxyl groups is 1. The van der Waals surface area contributed by atoms with Crippen molar-refractivity contribution in [2.75, 3.05) is 4.90 Å². The number of aromatic nitrogens is 1. The molecule has 5 rings (SSSR count). The molecule has 0 radical (unpaired) electrons. The third kappa shape index (κ3) is 4.22. The third-order valence-corrected chi connectivity index (χ3v) is 6.50. The maximum atomic E-state index is 11.3. The monoisotopic (exact) mass is 505 g/mol. The molecule has 1 aliphatic heterocycles. The average molecular weight is 506 g/mol. The molecule has 2 aromatic heterocycles. The van der Waals surface area contributed by atoms with Crippen LogP contribution < -0.4 is 10.2 Å². The number of carboxylic acid groups (broad SMARTS) is 1. The largest absolute Gasteiger partial charge is 0.506 e. The van der Waals surface area contributed by atoms with Gasteiger partial charge in [0.15, 0.2) is 5.11 Å². The summed E-state index contributed by atoms with van der Waals surface area (Å²) < 4.78 is 6.33. The number of carbonyl (C=O) groups is 1. The lowest BCUT2D eigenvalue weighted by Crippen LogP contribution is -2.29. The van der Waals surface area contributed by atoms with Gasteiger partial charge >= 0.3 is 5.97 Å². The topological polar surface area (TPSA) is 98.8 Å². The van der Waals surface area contributed by atoms with E-state index < -0.39 is 12.0 Å². The predicted octanol–water partition coefficient (Wildman–Crippen LogP) is 5.88. The smallest absolute Gasteiger partial charge is 0.335 e. The fraction of sp³-hybridized carbons (Fsp3) is 0.115. The van der Waals surface area contributed by atoms with Crippen molar-refractivity contribution in [2.45, 2.75) is 19.0 Å². The molecule has 0 bridgehead atoms. The highest BCUT2D eigenvalue weighted by atomic mass is 35.5. The number of carboxylic acids is 1. The molecule has 0 amide bonds. The van der Waals surface area contributed by atoms with Crippen LogP contribution in [0.1, 0.15) is 39.5 Å². The van der Waals surface area contributed by atoms with Crippen LogP contribution in [-0.4, -0.2) is 26.3 Å². The SMILES string of the molecule is Cc1cc(C(=O)O)ccc1-c1ccc([C@@H]2[C@H](c3ccccn3)NC(=S)N2c2cc(Cl)ccc2O)o1. The van der Waals surface area contributed by atoms with Gasteiger partial charge in [-0.3, -0.25) is 4.98 Å². The van der Waals surface area contributed by atoms with Crippen molar-refractivity contribution >= 4 is 40.6 Å². The summed E-state index contributed by atoms with van der Waals surface area (Å²) in [5, 5.41) is 24.1. The molecule has 2 atom stereocenters. The zero-order valence-electron chi connectivity index (χ0n) is 18.5. The van der Waals surface area contributed by atoms with Gasteiger partial charge in [0.05, 0.1) is 23.0 Å². The Labute approximate surface area is 211 Å². The van der Waals surface area contributed by atoms with E-state index in [1.807, 2.05) is 37.3 Å². The van der Waals surface area contributed by atoms with Gasteiger partial charge in [-0.15, -0.1) is 0 Å². The second-order valence-electron chi connectivity index (χ2n) is 8.17. The third-order valence-electron chi connectivity index (χ3n) is 5.95. The van der Waals surface area contributed by atoms with Crippen LogP contribution in [-0.2, 0) is 0 Å². The standard InChI is InChI=1S/C26H20ClN3O4S/c1-14-12-15(25(32)33)5-7-17(14)21-9-10-22(34-21)24-23(18-4-2-3-11-28-18)29-26(35)30(24)19-13-16(27)6-8-20(19)31/h2-13,23-24,31H,1H3,(H,29,35)(H,32,33)/t23-,24+/m0/s1. The molecule has 1 aliphatic rings. The number of hydrogen-bond donors (Lipinski definition) is 3. The number of aromatic carboxylic acids is 1. The molecule has 0 spiro atoms. The molecule has 1 saturated heterocycles. The highest BCUT2D eigenvalue weighted by Gasteiger charge is 2.43. The van der Waals surface area contributed by atoms with E-state index in [1.165, 1.54) is 6.07 Å². The Morgan fingerprint density at radius 1 is 1.14 bits per heavy atom. The molecule has 0 saturated carbocycles. The highest BCUT2D eigenvalue weighted by molar-refractivity contribution is 7.80. The van der Waals surface area contributed by atoms with Gasteiger partial charge in [0, 0.05) is 16.8 Å². The van der Waals surface area contributed by atoms with Crippen molar-refractivity contribution in [3.8, 4) is 17.1 Å². The lowest BCUT2D eigenvalue weighted by molar-refractivity contribution is 0.0696. The quantitative estimate of drug-likeness (QED) is 0.289. The number of nitrogens with zero attached hydrogens (tertiary/aromatic N) is 2. The number of thiocarbonyl (C=S) groups is 1. The number of hydrogen-bond acceptors (Lipinski definition) is 5. The second kappa shape index (κ2) is 9.05. The van der Waals surface area contributed by atoms with E-state index >= 15 is 0 Å². The molecular formula is C26H20ClN3O4S. The zero-order chi connectivity index (χ0) is 24.7. The van der Waals surface area contributed by atoms with Crippen LogP contribution in [0.2, 0.25) is 5.02 Å². The molecule has 0 aliphatic carbocycles. The maximum Gasteiger partial charge on any atom is 0.335 e. The van der Waals surface area contributed by atoms with Gasteiger partial charge in [-0.25, -0.2) is 4.79 Å². The number of halogens is 1. The average Bonchev–Trinajstić information content (AvgIpc) is 3.45. The van der Waals surface area contributed by atoms with E-state index in [1.54, 1.807) is 41.4 Å². The first kappa shape index (κ1) is 22.9. The first-order valence-corrected chi connectivity index (χ1v) is 11.6. The summed E-state index contributed by atoms with van der Waals surface area (Å²) in [7, 11) is 0. The van der Waals surface area contributed by atoms with Gasteiger partial charge in [0.25, 0.3) is 0 Å². The summed E-state index contributed by atoms with van der Waals surface area (Å²) in [6.07, 6.45) is 1.71. The summed E-state index contributed by atoms with van der Waals surface area (Å²) in [6, 6.07) is 18.1. The van der Waals surface area contributed by atoms with Crippen molar-refractivity contribution in [3.63, 3.8) is 0 Å². The van der Waals surface area contributed by atoms with E-state index in [0.29, 0.717) is 27.3 Å². The van der Waals surface area contributed by atoms with E-state index in [2.05, 4.69) is 10.3 Å². The lowest BCUT2D eigenvalue weighted by Gasteiger charge is -2.26. The molecule has 7 nitrogen and oxygen atoms in total. The van der Waals surface area contributed by atoms with E-state index in [9.17, 15) is 15.0 Å². The van der Waals surface area contributed by atoms with E-state index in [-0.39, 0.29) is 17.4 Å². The Hall–Kier alpha value is -3.88. The zero-order valence-corrected chi connectivity index (χ0v) is 20.0. The van der Waals surface area contributed by atoms with Gasteiger partial charge in [0.1, 0.15) is 23.3 Å². The molecule has 3 N–H and O–H groups in total. The number of rotatable bonds is 5. The molecular weight excluding hydrogens is 486 g/mol. The Bertz CT molecular complexity index is 1440. The molecule has 176 valence electrons. The number of phenolic OH excluding ortho intramolecular Hbond substituents is 1. The molecule has 1 fully saturated rings. The van der Waals surface area contributed by atoms with Gasteiger partial charge in [0.2, 0.25) is 0 Å². The number of aryl methyl sites for hydroxylation is 1. The van der Waals surface area contributed by atoms with E-state index in [0.717, 1.165) is 16.8 Å². The molecule has 0 unspecified atom stereocenters. The number of nitrogens with one attached hydrogen (secondary N) is 1. The number of furan rings is 1. The summed E-state index contributed by atoms with van der Waals surface area (Å²) >= 11 is 11.9. The van der Waals surface area contributed by atoms with Gasteiger partial charge in [-0.2, -0.15) is 0 Å². The molecule has 35 heavy (non-hydrogen) atoms. The fourth-order valence-electron chi connectivity index (χ4n) is 4.32. The summed E-state index contributed by atoms with van der Waals surface area (Å²) in [5.41, 5.74) is 2.96. The maximum absolute atomic E-state index is 11.3. The Kier molecular flexibility index (Phi) is 5.92. The molecule has 3 heterocycles. The Morgan fingerprint density at radius 3 is 2.69 bits per heavy atom. The Balaban J connectivity index is 1.61. The van der Waals surface area contributed by atoms with Crippen LogP contribution in [0.15, 0.2) is 77.3 Å². The van der Waals surface area contributed by atoms with Crippen LogP contribution in [0.3, 0.4) is 0 Å². The summed E-state index contributed by atoms with van der Waals surface area (Å²) in [4.78, 5) is 17.6. The summed E-state index contributed by atoms with van der Waals surface area (Å²) in [5.74, 6) is 0.212. The van der Waals surface area contributed by atoms with Crippen molar-refractivity contribution < 1.29 is 19.4 Å². The van der Waals surface area contributed by atoms with Crippen molar-refractivity contribution in [1.29, 1.82) is 0 Å². The van der Waals surface area contributed by atoms with Crippen LogP contribution in [0.5, 0.6) is 5.75 Å². The van der Waals surface area contributed by atoms with Crippen LogP contribution >= 0.6 is 23.8 Å². The van der Waals surface area contributed by atoms with Gasteiger partial charge in [-0.05, 0) is 79.3 Å². The fourth-order valence-corrected chi connectivity index (χ4v) is 4.83. The first-order chi connectivity index (χ1) is 16.8. The van der Waals surface area contributed by atoms with Crippen molar-refractivity contribution in [1.82, 2.24) is 10.3 Å². The normalized spacial score (nSPS) is 17.4. The van der Waals surface area contributed by atoms with Crippen molar-refractivity contribution in [3.05, 3.63) is 101 Å². The van der Waals surface area contributed by atoms with Crippen LogP contribution in [0.25, 0.3) is 11.3 Å². The van der Waals surface area contributed by atoms with Crippen LogP contribution in [0, 0.1) is 6.92 Å². The molecule has 4 aromatic rings. The first-order valence-electron chi connectivity index (χ1n) is 10.8. The van der Waals surface area contributed by atoms with Gasteiger partial charge < -0.3 is 24.8 Å². The lowest BCUT2D eigenvalue weighted by atomic mass is 10.0. The minimum Gasteiger partial charge on any atom is -0.506 e. The summed E-state index contributed by atoms with van der Waals surface area (Å²) in [6.45, 7) is 1.84. The number of anilines is 1. The van der Waals surface area contributed by atoms with Crippen molar-refractivity contribution in [2.24, 2.45) is 0 Å². The van der Waals surface area contributed by atoms with E-state index in [4.69, 9.17) is 28.2 Å². The Morgan fingerprint density at radius 2 is 1.97 bits per heavy atom. The molecule has 9 heteroatoms. The van der Waals surface area contributed by atoms with Crippen LogP contribution in [0.4, 0.5) is 5.69 Å². The number of phenols is 1. The molecule has 2 aromatic carbocycles. The predicted molar refractivity (Wildman–Crippen MR) is 137 cm³/mol. The number of benzene rings is 2. The number of pyridine rings is 1. The second-order valence-corrected chi connectivity index (χ2v) is 8.99.